The summed E-state index contributed by atoms with van der Waals surface area (Å²) < 4.78 is 0. The number of carbonyl (C=O) groups is 2. The van der Waals surface area contributed by atoms with Crippen molar-refractivity contribution in [3.05, 3.63) is 23.1 Å². The third-order valence-corrected chi connectivity index (χ3v) is 4.01. The van der Waals surface area contributed by atoms with Crippen LogP contribution in [0.5, 0.6) is 0 Å². The van der Waals surface area contributed by atoms with Crippen LogP contribution in [0.2, 0.25) is 0 Å². The molecule has 0 aliphatic carbocycles. The molecule has 0 saturated heterocycles. The molecule has 0 bridgehead atoms. The van der Waals surface area contributed by atoms with Crippen LogP contribution in [0.3, 0.4) is 0 Å². The molecule has 7 heteroatoms. The fraction of sp³-hybridized carbons (Fsp3) is 0.385. The number of thiophene rings is 1. The number of rotatable bonds is 7. The van der Waals surface area contributed by atoms with Gasteiger partial charge in [-0.1, -0.05) is 13.0 Å². The highest BCUT2D eigenvalue weighted by Crippen LogP contribution is 2.37. The summed E-state index contributed by atoms with van der Waals surface area (Å²) in [5.74, 6) is -0.953. The first-order valence-electron chi connectivity index (χ1n) is 6.26. The number of nitrogens with one attached hydrogen (secondary N) is 1. The second-order valence-corrected chi connectivity index (χ2v) is 5.31. The van der Waals surface area contributed by atoms with E-state index in [1.165, 1.54) is 11.3 Å². The topological polar surface area (TPSA) is 101 Å². The molecule has 0 atom stereocenters. The predicted molar refractivity (Wildman–Crippen MR) is 83.3 cm³/mol. The Morgan fingerprint density at radius 1 is 1.50 bits per heavy atom. The van der Waals surface area contributed by atoms with Gasteiger partial charge in [-0.25, -0.2) is 0 Å². The molecule has 0 spiro atoms. The van der Waals surface area contributed by atoms with Crippen molar-refractivity contribution in [3.8, 4) is 0 Å². The van der Waals surface area contributed by atoms with Crippen molar-refractivity contribution in [2.24, 2.45) is 5.73 Å². The molecule has 20 heavy (non-hydrogen) atoms. The standard InChI is InChI=1S/C13H20N4O2S/c1-4-6-16-12(19)10-9(14)8(11(15)18)13(20-10)17(3)7-5-2/h4H,1,5-7,14H2,2-3H3,(H2,15,18)(H,16,19). The minimum Gasteiger partial charge on any atom is -0.397 e. The SMILES string of the molecule is C=CCNC(=O)c1sc(N(C)CCC)c(C(N)=O)c1N. The molecule has 5 N–H and O–H groups in total. The van der Waals surface area contributed by atoms with E-state index in [1.54, 1.807) is 6.08 Å². The second-order valence-electron chi connectivity index (χ2n) is 4.31. The number of primary amides is 1. The van der Waals surface area contributed by atoms with E-state index in [9.17, 15) is 9.59 Å². The Kier molecular flexibility index (Phi) is 5.57. The minimum absolute atomic E-state index is 0.141. The summed E-state index contributed by atoms with van der Waals surface area (Å²) in [5.41, 5.74) is 11.6. The van der Waals surface area contributed by atoms with Gasteiger partial charge in [-0.3, -0.25) is 9.59 Å². The Labute approximate surface area is 122 Å². The van der Waals surface area contributed by atoms with Gasteiger partial charge in [0.2, 0.25) is 0 Å². The first-order valence-corrected chi connectivity index (χ1v) is 7.07. The molecule has 0 radical (unpaired) electrons. The highest BCUT2D eigenvalue weighted by molar-refractivity contribution is 7.19. The van der Waals surface area contributed by atoms with Gasteiger partial charge in [0.15, 0.2) is 0 Å². The summed E-state index contributed by atoms with van der Waals surface area (Å²) in [6.07, 6.45) is 2.48. The zero-order valence-electron chi connectivity index (χ0n) is 11.7. The summed E-state index contributed by atoms with van der Waals surface area (Å²) in [6, 6.07) is 0. The smallest absolute Gasteiger partial charge is 0.263 e. The van der Waals surface area contributed by atoms with E-state index >= 15 is 0 Å². The lowest BCUT2D eigenvalue weighted by molar-refractivity contribution is 0.0962. The lowest BCUT2D eigenvalue weighted by Gasteiger charge is -2.17. The summed E-state index contributed by atoms with van der Waals surface area (Å²) in [7, 11) is 1.84. The van der Waals surface area contributed by atoms with Gasteiger partial charge in [0.25, 0.3) is 11.8 Å². The van der Waals surface area contributed by atoms with Crippen LogP contribution < -0.4 is 21.7 Å². The molecule has 1 aromatic heterocycles. The number of nitrogen functional groups attached to an aromatic ring is 1. The maximum atomic E-state index is 12.0. The average Bonchev–Trinajstić information content (AvgIpc) is 2.74. The van der Waals surface area contributed by atoms with Crippen LogP contribution in [0, 0.1) is 0 Å². The van der Waals surface area contributed by atoms with Crippen molar-refractivity contribution in [2.75, 3.05) is 30.8 Å². The van der Waals surface area contributed by atoms with Gasteiger partial charge in [0, 0.05) is 20.1 Å². The number of nitrogens with two attached hydrogens (primary N) is 2. The first kappa shape index (κ1) is 16.0. The number of nitrogens with zero attached hydrogens (tertiary/aromatic N) is 1. The summed E-state index contributed by atoms with van der Waals surface area (Å²) in [6.45, 7) is 6.63. The van der Waals surface area contributed by atoms with E-state index in [2.05, 4.69) is 11.9 Å². The van der Waals surface area contributed by atoms with Crippen LogP contribution in [0.15, 0.2) is 12.7 Å². The number of amides is 2. The van der Waals surface area contributed by atoms with E-state index < -0.39 is 5.91 Å². The molecule has 0 saturated carbocycles. The van der Waals surface area contributed by atoms with Crippen LogP contribution in [-0.2, 0) is 0 Å². The molecule has 1 aromatic rings. The third-order valence-electron chi connectivity index (χ3n) is 2.69. The lowest BCUT2D eigenvalue weighted by Crippen LogP contribution is -2.23. The molecule has 0 aliphatic rings. The number of hydrogen-bond acceptors (Lipinski definition) is 5. The molecular weight excluding hydrogens is 276 g/mol. The fourth-order valence-corrected chi connectivity index (χ4v) is 2.92. The largest absolute Gasteiger partial charge is 0.397 e. The van der Waals surface area contributed by atoms with Gasteiger partial charge >= 0.3 is 0 Å². The summed E-state index contributed by atoms with van der Waals surface area (Å²) in [5, 5.41) is 3.27. The third kappa shape index (κ3) is 3.30. The summed E-state index contributed by atoms with van der Waals surface area (Å²) in [4.78, 5) is 25.8. The zero-order valence-corrected chi connectivity index (χ0v) is 12.5. The Hall–Kier alpha value is -2.02. The van der Waals surface area contributed by atoms with Crippen LogP contribution in [0.4, 0.5) is 10.7 Å². The van der Waals surface area contributed by atoms with Crippen LogP contribution in [0.25, 0.3) is 0 Å². The first-order chi connectivity index (χ1) is 9.43. The van der Waals surface area contributed by atoms with E-state index in [0.29, 0.717) is 16.4 Å². The van der Waals surface area contributed by atoms with Gasteiger partial charge in [-0.2, -0.15) is 0 Å². The maximum Gasteiger partial charge on any atom is 0.263 e. The molecule has 1 heterocycles. The Morgan fingerprint density at radius 3 is 2.65 bits per heavy atom. The predicted octanol–water partition coefficient (Wildman–Crippen LogP) is 1.19. The van der Waals surface area contributed by atoms with Gasteiger partial charge < -0.3 is 21.7 Å². The Morgan fingerprint density at radius 2 is 2.15 bits per heavy atom. The lowest BCUT2D eigenvalue weighted by atomic mass is 10.2. The average molecular weight is 296 g/mol. The van der Waals surface area contributed by atoms with E-state index in [1.807, 2.05) is 18.9 Å². The Bertz CT molecular complexity index is 525. The van der Waals surface area contributed by atoms with Gasteiger partial charge in [-0.05, 0) is 6.42 Å². The van der Waals surface area contributed by atoms with Crippen LogP contribution in [0.1, 0.15) is 33.4 Å². The van der Waals surface area contributed by atoms with Crippen molar-refractivity contribution in [2.45, 2.75) is 13.3 Å². The molecule has 0 unspecified atom stereocenters. The van der Waals surface area contributed by atoms with Crippen molar-refractivity contribution < 1.29 is 9.59 Å². The number of anilines is 2. The molecule has 0 aliphatic heterocycles. The summed E-state index contributed by atoms with van der Waals surface area (Å²) >= 11 is 1.17. The molecule has 110 valence electrons. The zero-order chi connectivity index (χ0) is 15.3. The number of hydrogen-bond donors (Lipinski definition) is 3. The highest BCUT2D eigenvalue weighted by Gasteiger charge is 2.25. The van der Waals surface area contributed by atoms with Gasteiger partial charge in [0.1, 0.15) is 9.88 Å². The van der Waals surface area contributed by atoms with Crippen molar-refractivity contribution in [1.29, 1.82) is 0 Å². The van der Waals surface area contributed by atoms with E-state index in [-0.39, 0.29) is 17.2 Å². The van der Waals surface area contributed by atoms with Crippen LogP contribution in [-0.4, -0.2) is 32.0 Å². The molecule has 6 nitrogen and oxygen atoms in total. The minimum atomic E-state index is -0.625. The van der Waals surface area contributed by atoms with E-state index in [0.717, 1.165) is 13.0 Å². The normalized spacial score (nSPS) is 10.1. The fourth-order valence-electron chi connectivity index (χ4n) is 1.79. The maximum absolute atomic E-state index is 12.0. The monoisotopic (exact) mass is 296 g/mol. The van der Waals surface area contributed by atoms with Crippen molar-refractivity contribution in [1.82, 2.24) is 5.32 Å². The van der Waals surface area contributed by atoms with E-state index in [4.69, 9.17) is 11.5 Å². The highest BCUT2D eigenvalue weighted by atomic mass is 32.1. The Balaban J connectivity index is 3.21. The molecule has 1 rings (SSSR count). The molecule has 0 fully saturated rings. The molecular formula is C13H20N4O2S. The van der Waals surface area contributed by atoms with Gasteiger partial charge in [0.05, 0.1) is 11.3 Å². The quantitative estimate of drug-likeness (QED) is 0.658. The van der Waals surface area contributed by atoms with Crippen molar-refractivity contribution >= 4 is 33.8 Å². The molecule has 0 aromatic carbocycles. The van der Waals surface area contributed by atoms with Crippen molar-refractivity contribution in [3.63, 3.8) is 0 Å². The second kappa shape index (κ2) is 6.95. The number of carbonyl (C=O) groups excluding carboxylic acids is 2. The van der Waals surface area contributed by atoms with Gasteiger partial charge in [-0.15, -0.1) is 17.9 Å². The molecule has 2 amide bonds. The van der Waals surface area contributed by atoms with Crippen LogP contribution >= 0.6 is 11.3 Å².